The summed E-state index contributed by atoms with van der Waals surface area (Å²) in [5.74, 6) is -2.76. The lowest BCUT2D eigenvalue weighted by Gasteiger charge is -2.11. The van der Waals surface area contributed by atoms with Gasteiger partial charge in [0.1, 0.15) is 0 Å². The fraction of sp³-hybridized carbons (Fsp3) is 0.625. The van der Waals surface area contributed by atoms with Gasteiger partial charge in [-0.15, -0.1) is 0 Å². The van der Waals surface area contributed by atoms with Crippen molar-refractivity contribution in [1.82, 2.24) is 0 Å². The summed E-state index contributed by atoms with van der Waals surface area (Å²) < 4.78 is 41.8. The summed E-state index contributed by atoms with van der Waals surface area (Å²) in [5.41, 5.74) is 5.70. The van der Waals surface area contributed by atoms with Crippen molar-refractivity contribution in [2.45, 2.75) is 31.9 Å². The van der Waals surface area contributed by atoms with Crippen LogP contribution in [0.5, 0.6) is 0 Å². The number of rotatable bonds is 3. The number of halogens is 3. The largest absolute Gasteiger partial charge is 0.612 e. The number of carbonyl (C=O) groups is 1. The molecule has 0 aromatic carbocycles. The first-order chi connectivity index (χ1) is 7.79. The topological polar surface area (TPSA) is 81.8 Å². The Morgan fingerprint density at radius 2 is 1.88 bits per heavy atom. The third-order valence-electron chi connectivity index (χ3n) is 1.70. The highest BCUT2D eigenvalue weighted by Crippen LogP contribution is 2.13. The third kappa shape index (κ3) is 6.72. The summed E-state index contributed by atoms with van der Waals surface area (Å²) in [7, 11) is -0.250. The summed E-state index contributed by atoms with van der Waals surface area (Å²) in [6, 6.07) is 0. The molecular weight excluding hydrogens is 242 g/mol. The van der Waals surface area contributed by atoms with Crippen LogP contribution in [0.4, 0.5) is 13.2 Å². The molecule has 0 aromatic rings. The van der Waals surface area contributed by atoms with Crippen molar-refractivity contribution >= 4 is 13.1 Å². The van der Waals surface area contributed by atoms with E-state index in [0.29, 0.717) is 0 Å². The Morgan fingerprint density at radius 1 is 1.47 bits per heavy atom. The molecule has 1 heterocycles. The van der Waals surface area contributed by atoms with Gasteiger partial charge in [-0.2, -0.15) is 13.2 Å². The smallest absolute Gasteiger partial charge is 0.528 e. The molecule has 3 N–H and O–H groups in total. The number of nitrogens with two attached hydrogens (primary N) is 1. The van der Waals surface area contributed by atoms with Crippen molar-refractivity contribution < 1.29 is 32.4 Å². The maximum Gasteiger partial charge on any atom is 0.612 e. The molecule has 1 atom stereocenters. The van der Waals surface area contributed by atoms with Crippen molar-refractivity contribution in [2.75, 3.05) is 0 Å². The molecule has 0 bridgehead atoms. The number of aliphatic carboxylic acids is 1. The van der Waals surface area contributed by atoms with Gasteiger partial charge in [0.15, 0.2) is 0 Å². The molecule has 0 fully saturated rings. The quantitative estimate of drug-likeness (QED) is 0.742. The van der Waals surface area contributed by atoms with Gasteiger partial charge in [-0.05, 0) is 6.42 Å². The van der Waals surface area contributed by atoms with E-state index in [9.17, 15) is 13.2 Å². The minimum absolute atomic E-state index is 0.000000000000000222. The van der Waals surface area contributed by atoms with E-state index in [1.54, 1.807) is 0 Å². The van der Waals surface area contributed by atoms with Crippen LogP contribution in [-0.4, -0.2) is 30.3 Å². The van der Waals surface area contributed by atoms with Gasteiger partial charge in [0.2, 0.25) is 0 Å². The van der Waals surface area contributed by atoms with Crippen LogP contribution >= 0.6 is 0 Å². The highest BCUT2D eigenvalue weighted by molar-refractivity contribution is 6.47. The summed E-state index contributed by atoms with van der Waals surface area (Å²) in [6.07, 6.45) is -0.0306. The first-order valence-corrected chi connectivity index (χ1v) is 4.80. The zero-order valence-electron chi connectivity index (χ0n) is 9.11. The van der Waals surface area contributed by atoms with Crippen molar-refractivity contribution in [3.8, 4) is 0 Å². The molecule has 0 saturated carbocycles. The van der Waals surface area contributed by atoms with E-state index in [4.69, 9.17) is 24.9 Å². The molecule has 5 nitrogen and oxygen atoms in total. The molecule has 0 amide bonds. The summed E-state index contributed by atoms with van der Waals surface area (Å²) in [6.45, 7) is 2.09. The maximum absolute atomic E-state index is 10.6. The molecule has 0 spiro atoms. The maximum atomic E-state index is 10.6. The monoisotopic (exact) mass is 255 g/mol. The molecular formula is C8H13BF3NO4. The molecule has 1 rings (SSSR count). The predicted molar refractivity (Wildman–Crippen MR) is 53.6 cm³/mol. The SMILES string of the molecule is CCCC(N)B1OC=CO1.O=C(O)C(F)(F)F. The summed E-state index contributed by atoms with van der Waals surface area (Å²) in [4.78, 5) is 8.90. The Kier molecular flexibility index (Phi) is 6.48. The van der Waals surface area contributed by atoms with E-state index in [1.165, 1.54) is 12.5 Å². The van der Waals surface area contributed by atoms with Gasteiger partial charge in [-0.1, -0.05) is 13.3 Å². The Morgan fingerprint density at radius 3 is 2.18 bits per heavy atom. The first kappa shape index (κ1) is 15.6. The van der Waals surface area contributed by atoms with E-state index in [1.807, 2.05) is 0 Å². The lowest BCUT2D eigenvalue weighted by atomic mass is 9.77. The number of alkyl halides is 3. The second kappa shape index (κ2) is 7.05. The Bertz CT molecular complexity index is 264. The van der Waals surface area contributed by atoms with E-state index < -0.39 is 12.1 Å². The van der Waals surface area contributed by atoms with Gasteiger partial charge in [-0.25, -0.2) is 4.79 Å². The van der Waals surface area contributed by atoms with Crippen LogP contribution in [0.15, 0.2) is 12.5 Å². The van der Waals surface area contributed by atoms with Gasteiger partial charge in [0, 0.05) is 0 Å². The van der Waals surface area contributed by atoms with Crippen molar-refractivity contribution in [3.63, 3.8) is 0 Å². The van der Waals surface area contributed by atoms with Gasteiger partial charge in [-0.3, -0.25) is 0 Å². The molecule has 98 valence electrons. The van der Waals surface area contributed by atoms with Crippen LogP contribution in [0.2, 0.25) is 0 Å². The Hall–Kier alpha value is -1.38. The zero-order valence-corrected chi connectivity index (χ0v) is 9.11. The lowest BCUT2D eigenvalue weighted by Crippen LogP contribution is -2.39. The van der Waals surface area contributed by atoms with E-state index >= 15 is 0 Å². The van der Waals surface area contributed by atoms with Crippen LogP contribution in [-0.2, 0) is 14.1 Å². The number of hydrogen-bond donors (Lipinski definition) is 2. The first-order valence-electron chi connectivity index (χ1n) is 4.80. The molecule has 0 aromatic heterocycles. The average molecular weight is 255 g/mol. The van der Waals surface area contributed by atoms with Gasteiger partial charge < -0.3 is 20.1 Å². The zero-order chi connectivity index (χ0) is 13.5. The number of hydrogen-bond acceptors (Lipinski definition) is 4. The molecule has 0 radical (unpaired) electrons. The van der Waals surface area contributed by atoms with Crippen LogP contribution in [0, 0.1) is 0 Å². The van der Waals surface area contributed by atoms with Gasteiger partial charge in [0.05, 0.1) is 18.5 Å². The molecule has 1 unspecified atom stereocenters. The molecule has 0 aliphatic carbocycles. The van der Waals surface area contributed by atoms with Crippen molar-refractivity contribution in [2.24, 2.45) is 5.73 Å². The fourth-order valence-electron chi connectivity index (χ4n) is 0.922. The van der Waals surface area contributed by atoms with Crippen LogP contribution in [0.3, 0.4) is 0 Å². The summed E-state index contributed by atoms with van der Waals surface area (Å²) >= 11 is 0. The minimum atomic E-state index is -5.08. The molecule has 17 heavy (non-hydrogen) atoms. The standard InChI is InChI=1S/C6H12BNO2.C2HF3O2/c1-2-3-6(8)7-9-4-5-10-7;3-2(4,5)1(6)7/h4-6H,2-3,8H2,1H3;(H,6,7). The van der Waals surface area contributed by atoms with E-state index in [2.05, 4.69) is 6.92 Å². The molecule has 9 heteroatoms. The van der Waals surface area contributed by atoms with Crippen LogP contribution in [0.1, 0.15) is 19.8 Å². The van der Waals surface area contributed by atoms with Crippen molar-refractivity contribution in [1.29, 1.82) is 0 Å². The van der Waals surface area contributed by atoms with Crippen LogP contribution in [0.25, 0.3) is 0 Å². The average Bonchev–Trinajstić information content (AvgIpc) is 2.70. The van der Waals surface area contributed by atoms with Crippen LogP contribution < -0.4 is 5.73 Å². The molecule has 1 aliphatic rings. The molecule has 0 saturated heterocycles. The second-order valence-electron chi connectivity index (χ2n) is 3.17. The Labute approximate surface area is 96.5 Å². The number of carboxylic acids is 1. The second-order valence-corrected chi connectivity index (χ2v) is 3.17. The highest BCUT2D eigenvalue weighted by atomic mass is 19.4. The lowest BCUT2D eigenvalue weighted by molar-refractivity contribution is -0.192. The van der Waals surface area contributed by atoms with Crippen molar-refractivity contribution in [3.05, 3.63) is 12.5 Å². The fourth-order valence-corrected chi connectivity index (χ4v) is 0.922. The van der Waals surface area contributed by atoms with E-state index in [-0.39, 0.29) is 13.1 Å². The normalized spacial score (nSPS) is 15.5. The summed E-state index contributed by atoms with van der Waals surface area (Å²) in [5, 5.41) is 7.12. The molecule has 1 aliphatic heterocycles. The minimum Gasteiger partial charge on any atom is -0.528 e. The highest BCUT2D eigenvalue weighted by Gasteiger charge is 2.38. The predicted octanol–water partition coefficient (Wildman–Crippen LogP) is 1.29. The Balaban J connectivity index is 0.000000325. The van der Waals surface area contributed by atoms with Gasteiger partial charge >= 0.3 is 19.3 Å². The third-order valence-corrected chi connectivity index (χ3v) is 1.70. The van der Waals surface area contributed by atoms with Gasteiger partial charge in [0.25, 0.3) is 0 Å². The van der Waals surface area contributed by atoms with E-state index in [0.717, 1.165) is 12.8 Å². The number of carboxylic acid groups (broad SMARTS) is 1.